The molecule has 0 saturated heterocycles. The van der Waals surface area contributed by atoms with Gasteiger partial charge in [-0.25, -0.2) is 14.0 Å². The molecular weight excluding hydrogens is 395 g/mol. The summed E-state index contributed by atoms with van der Waals surface area (Å²) in [7, 11) is 0. The fourth-order valence-electron chi connectivity index (χ4n) is 3.92. The summed E-state index contributed by atoms with van der Waals surface area (Å²) in [5.41, 5.74) is 3.65. The van der Waals surface area contributed by atoms with Crippen molar-refractivity contribution in [1.82, 2.24) is 9.13 Å². The Bertz CT molecular complexity index is 1110. The Hall–Kier alpha value is -3.15. The predicted octanol–water partition coefficient (Wildman–Crippen LogP) is 5.14. The summed E-state index contributed by atoms with van der Waals surface area (Å²) in [4.78, 5) is 24.5. The summed E-state index contributed by atoms with van der Waals surface area (Å²) in [6, 6.07) is 14.4. The molecule has 6 heteroatoms. The van der Waals surface area contributed by atoms with Gasteiger partial charge in [0.15, 0.2) is 0 Å². The van der Waals surface area contributed by atoms with Gasteiger partial charge in [-0.1, -0.05) is 56.3 Å². The van der Waals surface area contributed by atoms with E-state index in [2.05, 4.69) is 13.8 Å². The maximum absolute atomic E-state index is 13.8. The summed E-state index contributed by atoms with van der Waals surface area (Å²) in [5.74, 6) is -0.518. The molecule has 0 spiro atoms. The van der Waals surface area contributed by atoms with Gasteiger partial charge in [-0.3, -0.25) is 9.13 Å². The van der Waals surface area contributed by atoms with Gasteiger partial charge < -0.3 is 5.11 Å². The second kappa shape index (κ2) is 9.77. The number of carboxylic acid groups (broad SMARTS) is 1. The van der Waals surface area contributed by atoms with Crippen LogP contribution in [0.5, 0.6) is 0 Å². The van der Waals surface area contributed by atoms with E-state index in [-0.39, 0.29) is 11.3 Å². The zero-order valence-corrected chi connectivity index (χ0v) is 18.3. The summed E-state index contributed by atoms with van der Waals surface area (Å²) in [6.07, 6.45) is 1.54. The minimum atomic E-state index is -0.972. The van der Waals surface area contributed by atoms with Gasteiger partial charge in [-0.15, -0.1) is 0 Å². The maximum atomic E-state index is 13.8. The highest BCUT2D eigenvalue weighted by atomic mass is 19.1. The van der Waals surface area contributed by atoms with Crippen molar-refractivity contribution in [2.45, 2.75) is 53.4 Å². The summed E-state index contributed by atoms with van der Waals surface area (Å²) >= 11 is 0. The molecule has 1 N–H and O–H groups in total. The highest BCUT2D eigenvalue weighted by molar-refractivity contribution is 5.95. The van der Waals surface area contributed by atoms with Crippen molar-refractivity contribution in [2.75, 3.05) is 0 Å². The van der Waals surface area contributed by atoms with E-state index in [1.807, 2.05) is 37.3 Å². The number of hydrogen-bond acceptors (Lipinski definition) is 2. The van der Waals surface area contributed by atoms with E-state index in [1.54, 1.807) is 22.8 Å². The van der Waals surface area contributed by atoms with E-state index >= 15 is 0 Å². The zero-order valence-electron chi connectivity index (χ0n) is 18.3. The van der Waals surface area contributed by atoms with Gasteiger partial charge >= 0.3 is 11.7 Å². The molecule has 2 aromatic carbocycles. The highest BCUT2D eigenvalue weighted by Crippen LogP contribution is 2.25. The smallest absolute Gasteiger partial charge is 0.336 e. The van der Waals surface area contributed by atoms with E-state index in [9.17, 15) is 19.1 Å². The number of halogens is 1. The summed E-state index contributed by atoms with van der Waals surface area (Å²) in [5, 5.41) is 9.43. The van der Waals surface area contributed by atoms with Crippen LogP contribution in [0.4, 0.5) is 4.39 Å². The molecule has 0 unspecified atom stereocenters. The maximum Gasteiger partial charge on any atom is 0.336 e. The van der Waals surface area contributed by atoms with Crippen LogP contribution in [0.15, 0.2) is 53.3 Å². The van der Waals surface area contributed by atoms with E-state index in [0.29, 0.717) is 36.7 Å². The first-order valence-corrected chi connectivity index (χ1v) is 10.7. The first kappa shape index (κ1) is 22.5. The van der Waals surface area contributed by atoms with E-state index in [0.717, 1.165) is 23.2 Å². The van der Waals surface area contributed by atoms with Gasteiger partial charge in [0.25, 0.3) is 0 Å². The van der Waals surface area contributed by atoms with Crippen LogP contribution in [-0.4, -0.2) is 20.2 Å². The molecule has 0 atom stereocenters. The van der Waals surface area contributed by atoms with E-state index in [4.69, 9.17) is 0 Å². The number of aromatic nitrogens is 2. The van der Waals surface area contributed by atoms with E-state index < -0.39 is 12.6 Å². The van der Waals surface area contributed by atoms with Crippen LogP contribution in [0, 0.1) is 5.92 Å². The van der Waals surface area contributed by atoms with Crippen LogP contribution < -0.4 is 5.69 Å². The molecule has 3 aromatic rings. The topological polar surface area (TPSA) is 64.2 Å². The second-order valence-corrected chi connectivity index (χ2v) is 8.12. The van der Waals surface area contributed by atoms with Gasteiger partial charge in [-0.05, 0) is 48.4 Å². The molecule has 0 saturated carbocycles. The van der Waals surface area contributed by atoms with Crippen LogP contribution in [0.25, 0.3) is 11.1 Å². The molecule has 31 heavy (non-hydrogen) atoms. The number of benzene rings is 2. The molecule has 164 valence electrons. The number of alkyl halides is 1. The summed E-state index contributed by atoms with van der Waals surface area (Å²) in [6.45, 7) is 6.21. The lowest BCUT2D eigenvalue weighted by Gasteiger charge is -2.11. The third-order valence-corrected chi connectivity index (χ3v) is 5.61. The Balaban J connectivity index is 1.95. The Morgan fingerprint density at radius 2 is 1.71 bits per heavy atom. The fourth-order valence-corrected chi connectivity index (χ4v) is 3.92. The number of imidazole rings is 1. The molecule has 0 aliphatic rings. The van der Waals surface area contributed by atoms with Gasteiger partial charge in [0.05, 0.1) is 17.8 Å². The number of carboxylic acids is 1. The minimum absolute atomic E-state index is 0.186. The number of aromatic carboxylic acids is 1. The molecule has 0 radical (unpaired) electrons. The zero-order chi connectivity index (χ0) is 22.5. The Kier molecular flexibility index (Phi) is 7.10. The molecule has 3 rings (SSSR count). The quantitative estimate of drug-likeness (QED) is 0.517. The van der Waals surface area contributed by atoms with Crippen molar-refractivity contribution in [1.29, 1.82) is 0 Å². The number of carbonyl (C=O) groups is 1. The minimum Gasteiger partial charge on any atom is -0.478 e. The number of nitrogens with zero attached hydrogens (tertiary/aromatic N) is 2. The molecule has 0 fully saturated rings. The third kappa shape index (κ3) is 4.79. The number of hydrogen-bond donors (Lipinski definition) is 1. The fraction of sp³-hybridized carbons (Fsp3) is 0.360. The lowest BCUT2D eigenvalue weighted by atomic mass is 9.98. The monoisotopic (exact) mass is 424 g/mol. The molecule has 0 amide bonds. The average Bonchev–Trinajstić information content (AvgIpc) is 3.02. The first-order chi connectivity index (χ1) is 14.9. The van der Waals surface area contributed by atoms with Crippen molar-refractivity contribution in [2.24, 2.45) is 5.92 Å². The van der Waals surface area contributed by atoms with Crippen molar-refractivity contribution in [3.8, 4) is 11.1 Å². The van der Waals surface area contributed by atoms with Gasteiger partial charge in [-0.2, -0.15) is 0 Å². The third-order valence-electron chi connectivity index (χ3n) is 5.61. The summed E-state index contributed by atoms with van der Waals surface area (Å²) < 4.78 is 17.0. The molecule has 0 bridgehead atoms. The van der Waals surface area contributed by atoms with Gasteiger partial charge in [0.2, 0.25) is 0 Å². The molecule has 0 aliphatic heterocycles. The molecule has 1 heterocycles. The largest absolute Gasteiger partial charge is 0.478 e. The second-order valence-electron chi connectivity index (χ2n) is 8.12. The molecule has 5 nitrogen and oxygen atoms in total. The lowest BCUT2D eigenvalue weighted by molar-refractivity contribution is 0.0697. The average molecular weight is 425 g/mol. The Labute approximate surface area is 181 Å². The van der Waals surface area contributed by atoms with Crippen molar-refractivity contribution < 1.29 is 14.3 Å². The van der Waals surface area contributed by atoms with Crippen molar-refractivity contribution in [3.63, 3.8) is 0 Å². The van der Waals surface area contributed by atoms with Crippen LogP contribution in [0.3, 0.4) is 0 Å². The van der Waals surface area contributed by atoms with E-state index in [1.165, 1.54) is 4.57 Å². The van der Waals surface area contributed by atoms with Crippen LogP contribution in [0.1, 0.15) is 54.5 Å². The Morgan fingerprint density at radius 1 is 1.03 bits per heavy atom. The first-order valence-electron chi connectivity index (χ1n) is 10.7. The highest BCUT2D eigenvalue weighted by Gasteiger charge is 2.19. The van der Waals surface area contributed by atoms with Crippen molar-refractivity contribution >= 4 is 5.97 Å². The molecule has 0 aliphatic carbocycles. The number of rotatable bonds is 9. The van der Waals surface area contributed by atoms with Gasteiger partial charge in [0, 0.05) is 12.2 Å². The van der Waals surface area contributed by atoms with Crippen molar-refractivity contribution in [3.05, 3.63) is 81.5 Å². The standard InChI is InChI=1S/C25H29FN2O3/c1-4-27-23(15-26)22(14-9-17(2)3)28(25(27)31)16-18-10-12-19(13-11-18)20-7-5-6-8-21(20)24(29)30/h5-8,10-13,17H,4,9,14-16H2,1-3H3,(H,29,30). The van der Waals surface area contributed by atoms with Crippen LogP contribution in [0.2, 0.25) is 0 Å². The predicted molar refractivity (Wildman–Crippen MR) is 120 cm³/mol. The Morgan fingerprint density at radius 3 is 2.29 bits per heavy atom. The van der Waals surface area contributed by atoms with Crippen LogP contribution >= 0.6 is 0 Å². The van der Waals surface area contributed by atoms with Gasteiger partial charge in [0.1, 0.15) is 6.67 Å². The SMILES string of the molecule is CCn1c(CF)c(CCC(C)C)n(Cc2ccc(-c3ccccc3C(=O)O)cc2)c1=O. The normalized spacial score (nSPS) is 11.3. The lowest BCUT2D eigenvalue weighted by Crippen LogP contribution is -2.25. The molecular formula is C25H29FN2O3. The molecule has 1 aromatic heterocycles. The van der Waals surface area contributed by atoms with Crippen LogP contribution in [-0.2, 0) is 26.2 Å².